The molecule has 12 heavy (non-hydrogen) atoms. The summed E-state index contributed by atoms with van der Waals surface area (Å²) in [7, 11) is 0. The number of rotatable bonds is 4. The van der Waals surface area contributed by atoms with Crippen LogP contribution in [0.25, 0.3) is 0 Å². The van der Waals surface area contributed by atoms with E-state index in [1.54, 1.807) is 6.92 Å². The molecule has 1 atom stereocenters. The van der Waals surface area contributed by atoms with E-state index in [0.29, 0.717) is 0 Å². The Labute approximate surface area is 78.4 Å². The molecule has 0 aromatic carbocycles. The summed E-state index contributed by atoms with van der Waals surface area (Å²) >= 11 is 2.18. The zero-order chi connectivity index (χ0) is 9.78. The van der Waals surface area contributed by atoms with Crippen molar-refractivity contribution in [2.75, 3.05) is 6.61 Å². The summed E-state index contributed by atoms with van der Waals surface area (Å²) in [6, 6.07) is 0. The fourth-order valence-electron chi connectivity index (χ4n) is 0.586. The second kappa shape index (κ2) is 4.74. The molecule has 0 fully saturated rings. The molecule has 0 rings (SSSR count). The third-order valence-electron chi connectivity index (χ3n) is 1.34. The van der Waals surface area contributed by atoms with Crippen LogP contribution in [-0.4, -0.2) is 17.4 Å². The summed E-state index contributed by atoms with van der Waals surface area (Å²) in [5.41, 5.74) is 0. The quantitative estimate of drug-likeness (QED) is 0.562. The highest BCUT2D eigenvalue weighted by molar-refractivity contribution is 9.10. The summed E-state index contributed by atoms with van der Waals surface area (Å²) < 4.78 is 29.4. The van der Waals surface area contributed by atoms with Gasteiger partial charge >= 0.3 is 10.8 Å². The van der Waals surface area contributed by atoms with Gasteiger partial charge < -0.3 is 4.74 Å². The van der Waals surface area contributed by atoms with Gasteiger partial charge in [0.2, 0.25) is 0 Å². The van der Waals surface area contributed by atoms with Gasteiger partial charge in [0.05, 0.1) is 13.0 Å². The average Bonchev–Trinajstić information content (AvgIpc) is 1.85. The van der Waals surface area contributed by atoms with Crippen LogP contribution in [0, 0.1) is 5.92 Å². The predicted molar refractivity (Wildman–Crippen MR) is 44.3 cm³/mol. The van der Waals surface area contributed by atoms with Gasteiger partial charge in [0.15, 0.2) is 0 Å². The van der Waals surface area contributed by atoms with Gasteiger partial charge in [0.1, 0.15) is 0 Å². The smallest absolute Gasteiger partial charge is 0.306 e. The molecule has 0 aliphatic carbocycles. The van der Waals surface area contributed by atoms with Crippen molar-refractivity contribution in [3.63, 3.8) is 0 Å². The molecule has 0 bridgehead atoms. The van der Waals surface area contributed by atoms with Crippen molar-refractivity contribution in [1.29, 1.82) is 0 Å². The molecule has 0 saturated carbocycles. The summed E-state index contributed by atoms with van der Waals surface area (Å²) in [6.45, 7) is 3.14. The van der Waals surface area contributed by atoms with Crippen molar-refractivity contribution in [3.05, 3.63) is 0 Å². The third kappa shape index (κ3) is 4.64. The molecule has 72 valence electrons. The van der Waals surface area contributed by atoms with Crippen LogP contribution < -0.4 is 0 Å². The molecular formula is C7H11BrF2O2. The van der Waals surface area contributed by atoms with Crippen molar-refractivity contribution in [1.82, 2.24) is 0 Å². The highest BCUT2D eigenvalue weighted by Crippen LogP contribution is 2.33. The van der Waals surface area contributed by atoms with Crippen LogP contribution in [0.5, 0.6) is 0 Å². The molecule has 0 amide bonds. The van der Waals surface area contributed by atoms with E-state index in [0.717, 1.165) is 0 Å². The zero-order valence-electron chi connectivity index (χ0n) is 6.94. The van der Waals surface area contributed by atoms with Crippen LogP contribution >= 0.6 is 15.9 Å². The molecule has 5 heteroatoms. The Bertz CT molecular complexity index is 156. The monoisotopic (exact) mass is 244 g/mol. The Kier molecular flexibility index (Phi) is 4.67. The number of carbonyl (C=O) groups is 1. The fraction of sp³-hybridized carbons (Fsp3) is 0.857. The Morgan fingerprint density at radius 2 is 2.17 bits per heavy atom. The second-order valence-corrected chi connectivity index (χ2v) is 3.51. The van der Waals surface area contributed by atoms with Gasteiger partial charge in [0.25, 0.3) is 0 Å². The predicted octanol–water partition coefficient (Wildman–Crippen LogP) is 2.56. The van der Waals surface area contributed by atoms with Crippen molar-refractivity contribution < 1.29 is 18.3 Å². The molecule has 1 unspecified atom stereocenters. The minimum atomic E-state index is -3.00. The van der Waals surface area contributed by atoms with Gasteiger partial charge in [-0.1, -0.05) is 6.92 Å². The Hall–Kier alpha value is -0.190. The molecule has 0 aliphatic heterocycles. The molecule has 2 nitrogen and oxygen atoms in total. The lowest BCUT2D eigenvalue weighted by Gasteiger charge is -2.15. The lowest BCUT2D eigenvalue weighted by atomic mass is 10.1. The summed E-state index contributed by atoms with van der Waals surface area (Å²) in [4.78, 5) is 7.72. The number of halogens is 3. The third-order valence-corrected chi connectivity index (χ3v) is 2.12. The van der Waals surface area contributed by atoms with Crippen LogP contribution in [0.1, 0.15) is 20.3 Å². The SMILES string of the molecule is CCOC(=O)CC(C)C(F)(F)Br. The van der Waals surface area contributed by atoms with Crippen LogP contribution in [0.3, 0.4) is 0 Å². The van der Waals surface area contributed by atoms with E-state index in [1.165, 1.54) is 6.92 Å². The van der Waals surface area contributed by atoms with E-state index in [-0.39, 0.29) is 13.0 Å². The molecule has 0 N–H and O–H groups in total. The highest BCUT2D eigenvalue weighted by Gasteiger charge is 2.34. The second-order valence-electron chi connectivity index (χ2n) is 2.45. The molecule has 0 saturated heterocycles. The molecule has 0 radical (unpaired) electrons. The van der Waals surface area contributed by atoms with Crippen LogP contribution in [0.4, 0.5) is 8.78 Å². The van der Waals surface area contributed by atoms with E-state index < -0.39 is 16.7 Å². The van der Waals surface area contributed by atoms with Gasteiger partial charge in [0, 0.05) is 5.92 Å². The standard InChI is InChI=1S/C7H11BrF2O2/c1-3-12-6(11)4-5(2)7(8,9)10/h5H,3-4H2,1-2H3. The number of alkyl halides is 3. The summed E-state index contributed by atoms with van der Waals surface area (Å²) in [5, 5.41) is 0. The lowest BCUT2D eigenvalue weighted by Crippen LogP contribution is -2.22. The highest BCUT2D eigenvalue weighted by atomic mass is 79.9. The number of hydrogen-bond donors (Lipinski definition) is 0. The van der Waals surface area contributed by atoms with Gasteiger partial charge in [-0.15, -0.1) is 0 Å². The van der Waals surface area contributed by atoms with Gasteiger partial charge in [-0.25, -0.2) is 0 Å². The minimum Gasteiger partial charge on any atom is -0.466 e. The molecule has 0 spiro atoms. The maximum absolute atomic E-state index is 12.4. The van der Waals surface area contributed by atoms with E-state index >= 15 is 0 Å². The largest absolute Gasteiger partial charge is 0.466 e. The first-order valence-electron chi connectivity index (χ1n) is 3.60. The molecule has 0 aromatic rings. The van der Waals surface area contributed by atoms with Crippen molar-refractivity contribution in [3.8, 4) is 0 Å². The summed E-state index contributed by atoms with van der Waals surface area (Å²) in [5.74, 6) is -1.64. The van der Waals surface area contributed by atoms with Crippen molar-refractivity contribution in [2.24, 2.45) is 5.92 Å². The molecule has 0 aromatic heterocycles. The molecular weight excluding hydrogens is 234 g/mol. The fourth-order valence-corrected chi connectivity index (χ4v) is 0.748. The van der Waals surface area contributed by atoms with Gasteiger partial charge in [-0.2, -0.15) is 8.78 Å². The number of carbonyl (C=O) groups excluding carboxylic acids is 1. The maximum Gasteiger partial charge on any atom is 0.306 e. The average molecular weight is 245 g/mol. The number of esters is 1. The Morgan fingerprint density at radius 1 is 1.67 bits per heavy atom. The lowest BCUT2D eigenvalue weighted by molar-refractivity contribution is -0.145. The molecule has 0 aliphatic rings. The zero-order valence-corrected chi connectivity index (χ0v) is 8.53. The van der Waals surface area contributed by atoms with Crippen molar-refractivity contribution >= 4 is 21.9 Å². The van der Waals surface area contributed by atoms with E-state index in [2.05, 4.69) is 20.7 Å². The number of ether oxygens (including phenoxy) is 1. The van der Waals surface area contributed by atoms with Crippen molar-refractivity contribution in [2.45, 2.75) is 25.1 Å². The normalized spacial score (nSPS) is 14.1. The number of hydrogen-bond acceptors (Lipinski definition) is 2. The Balaban J connectivity index is 3.84. The topological polar surface area (TPSA) is 26.3 Å². The summed E-state index contributed by atoms with van der Waals surface area (Å²) in [6.07, 6.45) is -0.272. The first kappa shape index (κ1) is 11.8. The first-order chi connectivity index (χ1) is 5.38. The van der Waals surface area contributed by atoms with E-state index in [1.807, 2.05) is 0 Å². The molecule has 0 heterocycles. The minimum absolute atomic E-state index is 0.222. The maximum atomic E-state index is 12.4. The van der Waals surface area contributed by atoms with Crippen LogP contribution in [0.15, 0.2) is 0 Å². The van der Waals surface area contributed by atoms with Gasteiger partial charge in [-0.05, 0) is 22.9 Å². The van der Waals surface area contributed by atoms with E-state index in [9.17, 15) is 13.6 Å². The van der Waals surface area contributed by atoms with Gasteiger partial charge in [-0.3, -0.25) is 4.79 Å². The van der Waals surface area contributed by atoms with E-state index in [4.69, 9.17) is 0 Å². The van der Waals surface area contributed by atoms with Crippen LogP contribution in [-0.2, 0) is 9.53 Å². The Morgan fingerprint density at radius 3 is 2.50 bits per heavy atom. The van der Waals surface area contributed by atoms with Crippen LogP contribution in [0.2, 0.25) is 0 Å². The first-order valence-corrected chi connectivity index (χ1v) is 4.39.